The molecule has 12 aromatic rings. The van der Waals surface area contributed by atoms with Crippen molar-refractivity contribution in [2.24, 2.45) is 0 Å². The van der Waals surface area contributed by atoms with Gasteiger partial charge in [-0.3, -0.25) is 0 Å². The molecule has 5 heteroatoms. The largest absolute Gasteiger partial charge is 0.484 e. The summed E-state index contributed by atoms with van der Waals surface area (Å²) in [6.07, 6.45) is 8.74. The molecule has 14 rings (SSSR count). The topological polar surface area (TPSA) is 33.3 Å². The number of para-hydroxylation sites is 4. The van der Waals surface area contributed by atoms with Crippen molar-refractivity contribution >= 4 is 105 Å². The highest BCUT2D eigenvalue weighted by atomic mass is 16.5. The maximum absolute atomic E-state index is 6.93. The van der Waals surface area contributed by atoms with Gasteiger partial charge in [0.05, 0.1) is 38.5 Å². The Morgan fingerprint density at radius 1 is 0.458 bits per heavy atom. The van der Waals surface area contributed by atoms with E-state index < -0.39 is 0 Å². The maximum Gasteiger partial charge on any atom is 0.134 e. The van der Waals surface area contributed by atoms with Gasteiger partial charge in [-0.15, -0.1) is 0 Å². The lowest BCUT2D eigenvalue weighted by Crippen LogP contribution is -2.15. The van der Waals surface area contributed by atoms with Crippen molar-refractivity contribution in [2.45, 2.75) is 12.0 Å². The first kappa shape index (κ1) is 31.3. The van der Waals surface area contributed by atoms with Gasteiger partial charge in [-0.05, 0) is 78.9 Å². The molecule has 0 saturated heterocycles. The fourth-order valence-corrected chi connectivity index (χ4v) is 10.7. The number of nitrogens with one attached hydrogen (secondary N) is 1. The van der Waals surface area contributed by atoms with Crippen LogP contribution in [0.3, 0.4) is 0 Å². The zero-order valence-electron chi connectivity index (χ0n) is 31.8. The first-order chi connectivity index (χ1) is 29.3. The molecule has 8 aromatic carbocycles. The summed E-state index contributed by atoms with van der Waals surface area (Å²) >= 11 is 0. The average molecular weight is 755 g/mol. The Labute approximate surface area is 338 Å². The van der Waals surface area contributed by atoms with Crippen LogP contribution >= 0.6 is 0 Å². The lowest BCUT2D eigenvalue weighted by molar-refractivity contribution is 0.271. The third kappa shape index (κ3) is 4.08. The summed E-state index contributed by atoms with van der Waals surface area (Å²) in [5, 5.41) is 13.8. The van der Waals surface area contributed by atoms with E-state index in [4.69, 9.17) is 4.74 Å². The van der Waals surface area contributed by atoms with Crippen molar-refractivity contribution in [2.75, 3.05) is 10.2 Å². The molecule has 276 valence electrons. The second-order valence-electron chi connectivity index (χ2n) is 16.1. The third-order valence-electron chi connectivity index (χ3n) is 13.0. The van der Waals surface area contributed by atoms with Crippen LogP contribution in [-0.2, 0) is 0 Å². The minimum absolute atomic E-state index is 0.00416. The van der Waals surface area contributed by atoms with E-state index >= 15 is 0 Å². The second kappa shape index (κ2) is 11.4. The van der Waals surface area contributed by atoms with Crippen molar-refractivity contribution in [3.63, 3.8) is 0 Å². The van der Waals surface area contributed by atoms with Crippen LogP contribution in [0.15, 0.2) is 188 Å². The molecule has 2 aliphatic rings. The number of ether oxygens (including phenoxy) is 1. The summed E-state index contributed by atoms with van der Waals surface area (Å²) in [7, 11) is 0. The molecule has 5 nitrogen and oxygen atoms in total. The molecule has 0 fully saturated rings. The molecule has 0 spiro atoms. The van der Waals surface area contributed by atoms with E-state index in [2.05, 4.69) is 207 Å². The Morgan fingerprint density at radius 2 is 1.15 bits per heavy atom. The molecule has 1 aliphatic heterocycles. The van der Waals surface area contributed by atoms with Crippen molar-refractivity contribution < 1.29 is 4.74 Å². The summed E-state index contributed by atoms with van der Waals surface area (Å²) < 4.78 is 12.0. The van der Waals surface area contributed by atoms with Crippen molar-refractivity contribution in [3.8, 4) is 5.75 Å². The predicted octanol–water partition coefficient (Wildman–Crippen LogP) is 14.2. The molecule has 0 bridgehead atoms. The number of benzene rings is 8. The number of nitrogens with zero attached hydrogens (tertiary/aromatic N) is 3. The van der Waals surface area contributed by atoms with E-state index in [9.17, 15) is 0 Å². The number of hydrogen-bond donors (Lipinski definition) is 1. The molecule has 0 saturated carbocycles. The summed E-state index contributed by atoms with van der Waals surface area (Å²) in [6.45, 7) is 0. The summed E-state index contributed by atoms with van der Waals surface area (Å²) in [5.41, 5.74) is 14.0. The van der Waals surface area contributed by atoms with Crippen LogP contribution in [0.4, 0.5) is 28.4 Å². The number of fused-ring (bicyclic) bond motifs is 17. The zero-order chi connectivity index (χ0) is 38.3. The number of aromatic nitrogens is 2. The van der Waals surface area contributed by atoms with Crippen molar-refractivity contribution in [1.82, 2.24) is 8.80 Å². The fourth-order valence-electron chi connectivity index (χ4n) is 10.7. The van der Waals surface area contributed by atoms with Gasteiger partial charge in [0, 0.05) is 77.6 Å². The highest BCUT2D eigenvalue weighted by Crippen LogP contribution is 2.54. The van der Waals surface area contributed by atoms with Crippen LogP contribution in [0.2, 0.25) is 0 Å². The zero-order valence-corrected chi connectivity index (χ0v) is 31.8. The Hall–Kier alpha value is -7.76. The quantitative estimate of drug-likeness (QED) is 0.190. The van der Waals surface area contributed by atoms with E-state index in [1.54, 1.807) is 0 Å². The molecule has 0 radical (unpaired) electrons. The molecule has 5 heterocycles. The van der Waals surface area contributed by atoms with Crippen LogP contribution in [-0.4, -0.2) is 14.9 Å². The van der Waals surface area contributed by atoms with Crippen LogP contribution in [0, 0.1) is 0 Å². The molecule has 0 amide bonds. The van der Waals surface area contributed by atoms with Gasteiger partial charge in [0.1, 0.15) is 11.9 Å². The highest BCUT2D eigenvalue weighted by molar-refractivity contribution is 6.39. The SMILES string of the molecule is C1=CC2Oc3c(ccc4c3c3c(Nc5ccccc5)ccc5c6c7c8ccccc8n8c9cc(N(c%10ccccc%10)c%10ccccc%10)ccc9c(cc6n4c53)c78)C2C=C1. The van der Waals surface area contributed by atoms with E-state index in [-0.39, 0.29) is 12.0 Å². The Morgan fingerprint density at radius 3 is 1.97 bits per heavy atom. The second-order valence-corrected chi connectivity index (χ2v) is 16.1. The van der Waals surface area contributed by atoms with Gasteiger partial charge >= 0.3 is 0 Å². The molecule has 4 aromatic heterocycles. The van der Waals surface area contributed by atoms with E-state index in [0.717, 1.165) is 39.7 Å². The Bertz CT molecular complexity index is 3690. The van der Waals surface area contributed by atoms with Gasteiger partial charge in [-0.1, -0.05) is 109 Å². The number of allylic oxidation sites excluding steroid dienone is 2. The van der Waals surface area contributed by atoms with Crippen molar-refractivity contribution in [1.29, 1.82) is 0 Å². The van der Waals surface area contributed by atoms with Gasteiger partial charge in [-0.2, -0.15) is 0 Å². The van der Waals surface area contributed by atoms with Crippen molar-refractivity contribution in [3.05, 3.63) is 194 Å². The van der Waals surface area contributed by atoms with Gasteiger partial charge in [0.25, 0.3) is 0 Å². The van der Waals surface area contributed by atoms with Crippen LogP contribution < -0.4 is 15.0 Å². The summed E-state index contributed by atoms with van der Waals surface area (Å²) in [6, 6.07) is 59.6. The van der Waals surface area contributed by atoms with Gasteiger partial charge in [-0.25, -0.2) is 0 Å². The molecule has 1 aliphatic carbocycles. The van der Waals surface area contributed by atoms with Crippen LogP contribution in [0.1, 0.15) is 11.5 Å². The maximum atomic E-state index is 6.93. The standard InChI is InChI=1S/C54H34N4O/c1-4-14-32(15-5-1)55-42-28-26-40-48-46(58-44-29-27-38-37-20-11-13-23-47(37)59-54(38)51(44)50(42)52(40)58)31-41-36-25-24-35(56(33-16-6-2-7-17-33)34-18-8-3-9-19-34)30-45(36)57-43-22-12-10-21-39(43)49(48)53(41)57/h1-31,37,47,55H. The van der Waals surface area contributed by atoms with E-state index in [0.29, 0.717) is 0 Å². The number of hydrogen-bond acceptors (Lipinski definition) is 3. The van der Waals surface area contributed by atoms with Gasteiger partial charge < -0.3 is 23.8 Å². The molecule has 2 atom stereocenters. The molecule has 59 heavy (non-hydrogen) atoms. The first-order valence-corrected chi connectivity index (χ1v) is 20.4. The smallest absolute Gasteiger partial charge is 0.134 e. The minimum atomic E-state index is -0.00416. The normalized spacial score (nSPS) is 16.1. The van der Waals surface area contributed by atoms with E-state index in [1.165, 1.54) is 76.2 Å². The fraction of sp³-hybridized carbons (Fsp3) is 0.0370. The third-order valence-corrected chi connectivity index (χ3v) is 13.0. The first-order valence-electron chi connectivity index (χ1n) is 20.4. The van der Waals surface area contributed by atoms with Crippen LogP contribution in [0.5, 0.6) is 5.75 Å². The lowest BCUT2D eigenvalue weighted by atomic mass is 9.91. The van der Waals surface area contributed by atoms with Gasteiger partial charge in [0.2, 0.25) is 0 Å². The predicted molar refractivity (Wildman–Crippen MR) is 246 cm³/mol. The average Bonchev–Trinajstić information content (AvgIpc) is 4.09. The lowest BCUT2D eigenvalue weighted by Gasteiger charge is -2.25. The monoisotopic (exact) mass is 754 g/mol. The molecule has 2 unspecified atom stereocenters. The Balaban J connectivity index is 1.11. The summed E-state index contributed by atoms with van der Waals surface area (Å²) in [5.74, 6) is 1.20. The van der Waals surface area contributed by atoms with E-state index in [1.807, 2.05) is 0 Å². The minimum Gasteiger partial charge on any atom is -0.484 e. The molecule has 1 N–H and O–H groups in total. The summed E-state index contributed by atoms with van der Waals surface area (Å²) in [4.78, 5) is 2.36. The number of anilines is 5. The highest BCUT2D eigenvalue weighted by Gasteiger charge is 2.36. The molecular weight excluding hydrogens is 721 g/mol. The van der Waals surface area contributed by atoms with Crippen LogP contribution in [0.25, 0.3) is 76.2 Å². The Kier molecular flexibility index (Phi) is 6.07. The van der Waals surface area contributed by atoms with Gasteiger partial charge in [0.15, 0.2) is 0 Å². The molecular formula is C54H34N4O. The number of rotatable bonds is 5.